The molecule has 0 spiro atoms. The molecule has 0 amide bonds. The van der Waals surface area contributed by atoms with Crippen molar-refractivity contribution < 1.29 is 30.0 Å². The van der Waals surface area contributed by atoms with Gasteiger partial charge in [0.2, 0.25) is 0 Å². The lowest BCUT2D eigenvalue weighted by Gasteiger charge is -2.22. The van der Waals surface area contributed by atoms with Gasteiger partial charge in [0.15, 0.2) is 12.2 Å². The van der Waals surface area contributed by atoms with E-state index in [1.807, 2.05) is 0 Å². The molecular weight excluding hydrogens is 204 g/mol. The van der Waals surface area contributed by atoms with Gasteiger partial charge in [-0.3, -0.25) is 0 Å². The van der Waals surface area contributed by atoms with Gasteiger partial charge in [-0.05, 0) is 0 Å². The highest BCUT2D eigenvalue weighted by Crippen LogP contribution is 2.59. The van der Waals surface area contributed by atoms with Gasteiger partial charge in [-0.2, -0.15) is 0 Å². The molecule has 1 aliphatic heterocycles. The van der Waals surface area contributed by atoms with Gasteiger partial charge >= 0.3 is 5.97 Å². The van der Waals surface area contributed by atoms with Crippen molar-refractivity contribution in [1.82, 2.24) is 0 Å². The highest BCUT2D eigenvalue weighted by Gasteiger charge is 2.78. The van der Waals surface area contributed by atoms with Crippen LogP contribution in [-0.2, 0) is 9.53 Å². The van der Waals surface area contributed by atoms with Crippen molar-refractivity contribution in [2.75, 3.05) is 0 Å². The predicted octanol–water partition coefficient (Wildman–Crippen LogP) is -2.23. The third-order valence-corrected chi connectivity index (χ3v) is 3.60. The number of aliphatic hydroxyl groups excluding tert-OH is 3. The van der Waals surface area contributed by atoms with Crippen LogP contribution in [0.25, 0.3) is 0 Å². The molecule has 2 fully saturated rings. The molecule has 1 heterocycles. The fourth-order valence-corrected chi connectivity index (χ4v) is 2.19. The number of cyclic esters (lactones) is 1. The number of aliphatic hydroxyl groups is 4. The molecule has 1 aliphatic carbocycles. The number of carbonyl (C=O) groups is 1. The summed E-state index contributed by atoms with van der Waals surface area (Å²) in [5.74, 6) is -0.976. The van der Waals surface area contributed by atoms with E-state index in [9.17, 15) is 20.1 Å². The third-order valence-electron chi connectivity index (χ3n) is 3.60. The van der Waals surface area contributed by atoms with Gasteiger partial charge in [0.1, 0.15) is 11.7 Å². The molecule has 0 aromatic carbocycles. The lowest BCUT2D eigenvalue weighted by atomic mass is 9.97. The van der Waals surface area contributed by atoms with Gasteiger partial charge in [0.05, 0.1) is 6.10 Å². The lowest BCUT2D eigenvalue weighted by molar-refractivity contribution is -0.154. The van der Waals surface area contributed by atoms with Crippen LogP contribution >= 0.6 is 0 Å². The van der Waals surface area contributed by atoms with Gasteiger partial charge in [0, 0.05) is 5.41 Å². The van der Waals surface area contributed by atoms with Crippen LogP contribution in [0, 0.1) is 5.41 Å². The maximum Gasteiger partial charge on any atom is 0.338 e. The minimum absolute atomic E-state index is 0.858. The van der Waals surface area contributed by atoms with E-state index in [-0.39, 0.29) is 0 Å². The Labute approximate surface area is 86.1 Å². The number of hydrogen-bond donors (Lipinski definition) is 4. The Morgan fingerprint density at radius 2 is 1.73 bits per heavy atom. The SMILES string of the molecule is CC1(C)C(O)[C@]1(O)[C@H]1OC(=O)[C@@H](O)[C@H]1O. The van der Waals surface area contributed by atoms with Crippen LogP contribution in [0.4, 0.5) is 0 Å². The lowest BCUT2D eigenvalue weighted by Crippen LogP contribution is -2.44. The molecule has 6 nitrogen and oxygen atoms in total. The second kappa shape index (κ2) is 2.70. The summed E-state index contributed by atoms with van der Waals surface area (Å²) >= 11 is 0. The molecule has 15 heavy (non-hydrogen) atoms. The average molecular weight is 218 g/mol. The molecule has 1 unspecified atom stereocenters. The molecule has 2 aliphatic rings. The van der Waals surface area contributed by atoms with Crippen molar-refractivity contribution >= 4 is 5.97 Å². The van der Waals surface area contributed by atoms with Crippen molar-refractivity contribution in [3.05, 3.63) is 0 Å². The van der Waals surface area contributed by atoms with Crippen LogP contribution in [-0.4, -0.2) is 56.4 Å². The molecular formula is C9H14O6. The van der Waals surface area contributed by atoms with Crippen LogP contribution < -0.4 is 0 Å². The summed E-state index contributed by atoms with van der Waals surface area (Å²) in [6.45, 7) is 3.17. The largest absolute Gasteiger partial charge is 0.454 e. The first-order chi connectivity index (χ1) is 6.74. The minimum Gasteiger partial charge on any atom is -0.454 e. The molecule has 0 radical (unpaired) electrons. The van der Waals surface area contributed by atoms with Gasteiger partial charge in [-0.25, -0.2) is 4.79 Å². The average Bonchev–Trinajstić information content (AvgIpc) is 2.41. The molecule has 4 N–H and O–H groups in total. The Morgan fingerprint density at radius 1 is 1.27 bits per heavy atom. The molecule has 2 rings (SSSR count). The van der Waals surface area contributed by atoms with E-state index in [2.05, 4.69) is 4.74 Å². The summed E-state index contributed by atoms with van der Waals surface area (Å²) in [7, 11) is 0. The highest BCUT2D eigenvalue weighted by atomic mass is 16.6. The number of carbonyl (C=O) groups excluding carboxylic acids is 1. The minimum atomic E-state index is -1.68. The summed E-state index contributed by atoms with van der Waals surface area (Å²) in [6.07, 6.45) is -5.51. The van der Waals surface area contributed by atoms with Crippen LogP contribution in [0.5, 0.6) is 0 Å². The van der Waals surface area contributed by atoms with Gasteiger partial charge in [-0.15, -0.1) is 0 Å². The molecule has 1 saturated heterocycles. The molecule has 0 aromatic rings. The van der Waals surface area contributed by atoms with E-state index in [0.717, 1.165) is 0 Å². The van der Waals surface area contributed by atoms with Gasteiger partial charge < -0.3 is 25.2 Å². The fourth-order valence-electron chi connectivity index (χ4n) is 2.19. The highest BCUT2D eigenvalue weighted by molar-refractivity contribution is 5.78. The summed E-state index contributed by atoms with van der Waals surface area (Å²) < 4.78 is 4.67. The number of esters is 1. The molecule has 1 saturated carbocycles. The Bertz CT molecular complexity index is 314. The van der Waals surface area contributed by atoms with E-state index >= 15 is 0 Å². The molecule has 6 heteroatoms. The number of ether oxygens (including phenoxy) is 1. The summed E-state index contributed by atoms with van der Waals surface area (Å²) in [4.78, 5) is 11.0. The van der Waals surface area contributed by atoms with Crippen molar-refractivity contribution in [3.8, 4) is 0 Å². The quantitative estimate of drug-likeness (QED) is 0.371. The summed E-state index contributed by atoms with van der Waals surface area (Å²) in [6, 6.07) is 0. The molecule has 5 atom stereocenters. The first-order valence-electron chi connectivity index (χ1n) is 4.71. The van der Waals surface area contributed by atoms with Gasteiger partial charge in [-0.1, -0.05) is 13.8 Å². The van der Waals surface area contributed by atoms with Crippen LogP contribution in [0.1, 0.15) is 13.8 Å². The molecule has 0 aromatic heterocycles. The number of hydrogen-bond acceptors (Lipinski definition) is 6. The van der Waals surface area contributed by atoms with Crippen molar-refractivity contribution in [3.63, 3.8) is 0 Å². The Hall–Kier alpha value is -0.690. The first-order valence-corrected chi connectivity index (χ1v) is 4.71. The van der Waals surface area contributed by atoms with Crippen molar-refractivity contribution in [1.29, 1.82) is 0 Å². The summed E-state index contributed by atoms with van der Waals surface area (Å²) in [5.41, 5.74) is -2.54. The summed E-state index contributed by atoms with van der Waals surface area (Å²) in [5, 5.41) is 38.2. The zero-order chi connectivity index (χ0) is 11.6. The molecule has 86 valence electrons. The monoisotopic (exact) mass is 218 g/mol. The van der Waals surface area contributed by atoms with Gasteiger partial charge in [0.25, 0.3) is 0 Å². The zero-order valence-corrected chi connectivity index (χ0v) is 8.41. The second-order valence-corrected chi connectivity index (χ2v) is 4.74. The Morgan fingerprint density at radius 3 is 2.00 bits per heavy atom. The van der Waals surface area contributed by atoms with E-state index in [1.165, 1.54) is 0 Å². The third kappa shape index (κ3) is 1.05. The maximum atomic E-state index is 11.0. The second-order valence-electron chi connectivity index (χ2n) is 4.74. The molecule has 0 bridgehead atoms. The first kappa shape index (κ1) is 10.8. The Kier molecular flexibility index (Phi) is 1.95. The van der Waals surface area contributed by atoms with E-state index in [4.69, 9.17) is 5.11 Å². The van der Waals surface area contributed by atoms with Crippen molar-refractivity contribution in [2.45, 2.75) is 43.9 Å². The predicted molar refractivity (Wildman–Crippen MR) is 46.6 cm³/mol. The Balaban J connectivity index is 2.25. The van der Waals surface area contributed by atoms with Crippen LogP contribution in [0.3, 0.4) is 0 Å². The van der Waals surface area contributed by atoms with E-state index < -0.39 is 41.4 Å². The fraction of sp³-hybridized carbons (Fsp3) is 0.889. The number of rotatable bonds is 1. The van der Waals surface area contributed by atoms with E-state index in [1.54, 1.807) is 13.8 Å². The topological polar surface area (TPSA) is 107 Å². The maximum absolute atomic E-state index is 11.0. The van der Waals surface area contributed by atoms with Crippen LogP contribution in [0.15, 0.2) is 0 Å². The van der Waals surface area contributed by atoms with E-state index in [0.29, 0.717) is 0 Å². The normalized spacial score (nSPS) is 52.8. The van der Waals surface area contributed by atoms with Crippen LogP contribution in [0.2, 0.25) is 0 Å². The standard InChI is InChI=1S/C9H14O6/c1-8(2)7(13)9(8,14)5-3(10)4(11)6(12)15-5/h3-5,7,10-11,13-14H,1-2H3/t3-,4+,5+,7?,9-/m1/s1. The smallest absolute Gasteiger partial charge is 0.338 e. The zero-order valence-electron chi connectivity index (χ0n) is 8.41. The van der Waals surface area contributed by atoms with Crippen molar-refractivity contribution in [2.24, 2.45) is 5.41 Å².